The summed E-state index contributed by atoms with van der Waals surface area (Å²) in [6.07, 6.45) is 1.55. The highest BCUT2D eigenvalue weighted by atomic mass is 32.2. The van der Waals surface area contributed by atoms with Gasteiger partial charge in [-0.25, -0.2) is 8.42 Å². The van der Waals surface area contributed by atoms with E-state index in [1.807, 2.05) is 7.05 Å². The van der Waals surface area contributed by atoms with Crippen LogP contribution in [0, 0.1) is 0 Å². The van der Waals surface area contributed by atoms with Crippen molar-refractivity contribution in [1.82, 2.24) is 4.90 Å². The molecule has 0 radical (unpaired) electrons. The summed E-state index contributed by atoms with van der Waals surface area (Å²) in [5.74, 6) is 0.457. The van der Waals surface area contributed by atoms with Crippen molar-refractivity contribution in [2.24, 2.45) is 5.73 Å². The predicted molar refractivity (Wildman–Crippen MR) is 64.2 cm³/mol. The van der Waals surface area contributed by atoms with E-state index in [9.17, 15) is 8.42 Å². The van der Waals surface area contributed by atoms with Crippen LogP contribution >= 0.6 is 0 Å². The fraction of sp³-hybridized carbons (Fsp3) is 1.00. The van der Waals surface area contributed by atoms with Crippen molar-refractivity contribution in [3.05, 3.63) is 0 Å². The second-order valence-electron chi connectivity index (χ2n) is 4.54. The molecule has 16 heavy (non-hydrogen) atoms. The van der Waals surface area contributed by atoms with E-state index in [2.05, 4.69) is 4.90 Å². The highest BCUT2D eigenvalue weighted by molar-refractivity contribution is 7.91. The summed E-state index contributed by atoms with van der Waals surface area (Å²) in [5.41, 5.74) is 5.40. The summed E-state index contributed by atoms with van der Waals surface area (Å²) < 4.78 is 28.1. The molecule has 0 aromatic carbocycles. The van der Waals surface area contributed by atoms with Crippen molar-refractivity contribution in [2.75, 3.05) is 45.4 Å². The molecule has 1 saturated heterocycles. The molecule has 1 rings (SSSR count). The summed E-state index contributed by atoms with van der Waals surface area (Å²) >= 11 is 0. The first-order valence-electron chi connectivity index (χ1n) is 5.56. The Labute approximate surface area is 97.9 Å². The van der Waals surface area contributed by atoms with Crippen LogP contribution < -0.4 is 5.73 Å². The fourth-order valence-electron chi connectivity index (χ4n) is 2.20. The van der Waals surface area contributed by atoms with E-state index in [0.29, 0.717) is 19.6 Å². The Hall–Kier alpha value is -0.170. The number of ether oxygens (including phenoxy) is 1. The van der Waals surface area contributed by atoms with Gasteiger partial charge in [-0.2, -0.15) is 0 Å². The minimum Gasteiger partial charge on any atom is -0.385 e. The molecular weight excluding hydrogens is 228 g/mol. The van der Waals surface area contributed by atoms with Gasteiger partial charge in [-0.1, -0.05) is 0 Å². The molecule has 1 aliphatic heterocycles. The van der Waals surface area contributed by atoms with Crippen molar-refractivity contribution < 1.29 is 13.2 Å². The first kappa shape index (κ1) is 13.9. The van der Waals surface area contributed by atoms with Crippen LogP contribution in [0.1, 0.15) is 12.8 Å². The minimum absolute atomic E-state index is 0.194. The Bertz CT molecular complexity index is 318. The van der Waals surface area contributed by atoms with Gasteiger partial charge < -0.3 is 10.5 Å². The lowest BCUT2D eigenvalue weighted by atomic mass is 9.97. The molecule has 1 atom stereocenters. The molecular formula is C10H22N2O3S. The minimum atomic E-state index is -2.89. The van der Waals surface area contributed by atoms with E-state index in [1.54, 1.807) is 7.11 Å². The smallest absolute Gasteiger partial charge is 0.152 e. The number of likely N-dealkylation sites (N-methyl/N-ethyl adjacent to an activating group) is 1. The molecule has 1 heterocycles. The van der Waals surface area contributed by atoms with E-state index in [1.165, 1.54) is 0 Å². The van der Waals surface area contributed by atoms with Crippen molar-refractivity contribution in [2.45, 2.75) is 18.4 Å². The molecule has 1 unspecified atom stereocenters. The molecule has 0 bridgehead atoms. The number of methoxy groups -OCH3 is 1. The zero-order valence-electron chi connectivity index (χ0n) is 10.1. The normalized spacial score (nSPS) is 28.8. The highest BCUT2D eigenvalue weighted by Gasteiger charge is 2.43. The first-order valence-corrected chi connectivity index (χ1v) is 7.38. The number of hydrogen-bond acceptors (Lipinski definition) is 5. The van der Waals surface area contributed by atoms with Gasteiger partial charge in [-0.15, -0.1) is 0 Å². The Balaban J connectivity index is 2.60. The van der Waals surface area contributed by atoms with Gasteiger partial charge in [0.2, 0.25) is 0 Å². The van der Waals surface area contributed by atoms with Crippen LogP contribution in [0.3, 0.4) is 0 Å². The highest BCUT2D eigenvalue weighted by Crippen LogP contribution is 2.28. The van der Waals surface area contributed by atoms with Crippen molar-refractivity contribution in [3.8, 4) is 0 Å². The third kappa shape index (κ3) is 3.16. The summed E-state index contributed by atoms with van der Waals surface area (Å²) in [5, 5.41) is 0. The van der Waals surface area contributed by atoms with Crippen LogP contribution in [0.2, 0.25) is 0 Å². The standard InChI is InChI=1S/C10H22N2O3S/c1-12(5-3-6-15-2)10(8-11)4-7-16(13,14)9-10/h3-9,11H2,1-2H3. The first-order chi connectivity index (χ1) is 7.46. The van der Waals surface area contributed by atoms with Crippen LogP contribution in [-0.4, -0.2) is 64.2 Å². The van der Waals surface area contributed by atoms with Crippen molar-refractivity contribution in [1.29, 1.82) is 0 Å². The lowest BCUT2D eigenvalue weighted by Gasteiger charge is -2.36. The molecule has 0 spiro atoms. The SMILES string of the molecule is COCCCN(C)C1(CN)CCS(=O)(=O)C1. The number of nitrogens with zero attached hydrogens (tertiary/aromatic N) is 1. The second kappa shape index (κ2) is 5.44. The maximum Gasteiger partial charge on any atom is 0.152 e. The molecule has 0 aromatic heterocycles. The maximum atomic E-state index is 11.5. The van der Waals surface area contributed by atoms with Gasteiger partial charge in [-0.05, 0) is 19.9 Å². The van der Waals surface area contributed by atoms with E-state index >= 15 is 0 Å². The fourth-order valence-corrected chi connectivity index (χ4v) is 4.34. The van der Waals surface area contributed by atoms with E-state index in [4.69, 9.17) is 10.5 Å². The average Bonchev–Trinajstić information content (AvgIpc) is 2.56. The topological polar surface area (TPSA) is 72.6 Å². The Morgan fingerprint density at radius 2 is 2.19 bits per heavy atom. The van der Waals surface area contributed by atoms with Gasteiger partial charge in [-0.3, -0.25) is 4.90 Å². The van der Waals surface area contributed by atoms with Gasteiger partial charge in [0.05, 0.1) is 11.5 Å². The molecule has 0 amide bonds. The zero-order valence-corrected chi connectivity index (χ0v) is 10.9. The Kier molecular flexibility index (Phi) is 4.73. The third-order valence-corrected chi connectivity index (χ3v) is 5.20. The third-order valence-electron chi connectivity index (χ3n) is 3.40. The molecule has 2 N–H and O–H groups in total. The van der Waals surface area contributed by atoms with Crippen LogP contribution in [0.4, 0.5) is 0 Å². The van der Waals surface area contributed by atoms with E-state index < -0.39 is 9.84 Å². The Morgan fingerprint density at radius 3 is 2.62 bits per heavy atom. The van der Waals surface area contributed by atoms with E-state index in [-0.39, 0.29) is 17.0 Å². The Morgan fingerprint density at radius 1 is 1.50 bits per heavy atom. The van der Waals surface area contributed by atoms with Crippen molar-refractivity contribution in [3.63, 3.8) is 0 Å². The number of hydrogen-bond donors (Lipinski definition) is 1. The molecule has 0 aliphatic carbocycles. The van der Waals surface area contributed by atoms with Gasteiger partial charge in [0.25, 0.3) is 0 Å². The van der Waals surface area contributed by atoms with Gasteiger partial charge in [0, 0.05) is 32.3 Å². The van der Waals surface area contributed by atoms with Gasteiger partial charge in [0.1, 0.15) is 0 Å². The van der Waals surface area contributed by atoms with Crippen molar-refractivity contribution >= 4 is 9.84 Å². The van der Waals surface area contributed by atoms with Gasteiger partial charge >= 0.3 is 0 Å². The van der Waals surface area contributed by atoms with Gasteiger partial charge in [0.15, 0.2) is 9.84 Å². The molecule has 5 nitrogen and oxygen atoms in total. The monoisotopic (exact) mass is 250 g/mol. The van der Waals surface area contributed by atoms with Crippen LogP contribution in [0.25, 0.3) is 0 Å². The van der Waals surface area contributed by atoms with E-state index in [0.717, 1.165) is 13.0 Å². The molecule has 6 heteroatoms. The average molecular weight is 250 g/mol. The summed E-state index contributed by atoms with van der Waals surface area (Å²) in [4.78, 5) is 2.08. The molecule has 0 saturated carbocycles. The van der Waals surface area contributed by atoms with Crippen LogP contribution in [0.15, 0.2) is 0 Å². The number of nitrogens with two attached hydrogens (primary N) is 1. The molecule has 1 fully saturated rings. The molecule has 96 valence electrons. The number of rotatable bonds is 6. The lowest BCUT2D eigenvalue weighted by molar-refractivity contribution is 0.124. The molecule has 0 aromatic rings. The molecule has 1 aliphatic rings. The zero-order chi connectivity index (χ0) is 12.2. The maximum absolute atomic E-state index is 11.5. The quantitative estimate of drug-likeness (QED) is 0.642. The predicted octanol–water partition coefficient (Wildman–Crippen LogP) is -0.529. The lowest BCUT2D eigenvalue weighted by Crippen LogP contribution is -2.53. The second-order valence-corrected chi connectivity index (χ2v) is 6.72. The largest absolute Gasteiger partial charge is 0.385 e. The summed E-state index contributed by atoms with van der Waals surface area (Å²) in [7, 11) is 0.719. The summed E-state index contributed by atoms with van der Waals surface area (Å²) in [6.45, 7) is 1.91. The van der Waals surface area contributed by atoms with Crippen LogP contribution in [0.5, 0.6) is 0 Å². The summed E-state index contributed by atoms with van der Waals surface area (Å²) in [6, 6.07) is 0. The number of sulfone groups is 1. The van der Waals surface area contributed by atoms with Crippen LogP contribution in [-0.2, 0) is 14.6 Å².